The van der Waals surface area contributed by atoms with E-state index in [0.717, 1.165) is 0 Å². The van der Waals surface area contributed by atoms with Crippen LogP contribution in [0.25, 0.3) is 0 Å². The molecule has 2 heterocycles. The molecule has 0 aromatic heterocycles. The third-order valence-corrected chi connectivity index (χ3v) is 3.15. The number of rotatable bonds is 0. The largest absolute Gasteiger partial charge is 0.490 e. The van der Waals surface area contributed by atoms with Gasteiger partial charge in [-0.1, -0.05) is 0 Å². The molecule has 0 aromatic carbocycles. The number of aliphatic carboxylic acids is 2. The maximum Gasteiger partial charge on any atom is 0.490 e. The van der Waals surface area contributed by atoms with Gasteiger partial charge in [-0.05, 0) is 38.9 Å². The molecule has 1 spiro atoms. The molecule has 0 aromatic rings. The lowest BCUT2D eigenvalue weighted by Gasteiger charge is -2.46. The molecule has 0 amide bonds. The van der Waals surface area contributed by atoms with E-state index in [4.69, 9.17) is 19.8 Å². The predicted octanol–water partition coefficient (Wildman–Crippen LogP) is 1.37. The molecule has 0 saturated carbocycles. The number of nitrogens with one attached hydrogen (secondary N) is 2. The van der Waals surface area contributed by atoms with Gasteiger partial charge in [-0.2, -0.15) is 26.3 Å². The zero-order valence-corrected chi connectivity index (χ0v) is 11.7. The van der Waals surface area contributed by atoms with Gasteiger partial charge >= 0.3 is 24.3 Å². The Labute approximate surface area is 126 Å². The molecule has 23 heavy (non-hydrogen) atoms. The second-order valence-corrected chi connectivity index (χ2v) is 4.81. The predicted molar refractivity (Wildman–Crippen MR) is 64.8 cm³/mol. The summed E-state index contributed by atoms with van der Waals surface area (Å²) in [5, 5.41) is 21.1. The van der Waals surface area contributed by atoms with E-state index in [1.165, 1.54) is 38.9 Å². The average Bonchev–Trinajstić information content (AvgIpc) is 2.37. The van der Waals surface area contributed by atoms with Crippen LogP contribution in [-0.2, 0) is 9.59 Å². The summed E-state index contributed by atoms with van der Waals surface area (Å²) >= 11 is 0. The van der Waals surface area contributed by atoms with Gasteiger partial charge in [0.05, 0.1) is 0 Å². The van der Waals surface area contributed by atoms with Crippen molar-refractivity contribution in [2.45, 2.75) is 37.2 Å². The first-order valence-electron chi connectivity index (χ1n) is 6.36. The molecule has 0 aliphatic carbocycles. The summed E-state index contributed by atoms with van der Waals surface area (Å²) in [5.74, 6) is -5.51. The van der Waals surface area contributed by atoms with E-state index in [1.54, 1.807) is 0 Å². The molecule has 0 unspecified atom stereocenters. The number of carbonyl (C=O) groups is 2. The number of piperidine rings is 1. The zero-order valence-electron chi connectivity index (χ0n) is 11.7. The highest BCUT2D eigenvalue weighted by Crippen LogP contribution is 2.27. The maximum absolute atomic E-state index is 10.6. The van der Waals surface area contributed by atoms with Crippen molar-refractivity contribution in [3.05, 3.63) is 0 Å². The lowest BCUT2D eigenvalue weighted by Crippen LogP contribution is -2.61. The molecule has 0 atom stereocenters. The average molecular weight is 354 g/mol. The minimum Gasteiger partial charge on any atom is -0.475 e. The van der Waals surface area contributed by atoms with Crippen molar-refractivity contribution >= 4 is 11.9 Å². The number of halogens is 6. The van der Waals surface area contributed by atoms with Crippen molar-refractivity contribution in [1.29, 1.82) is 0 Å². The van der Waals surface area contributed by atoms with Crippen molar-refractivity contribution in [2.24, 2.45) is 0 Å². The second-order valence-electron chi connectivity index (χ2n) is 4.81. The van der Waals surface area contributed by atoms with Crippen LogP contribution >= 0.6 is 0 Å². The highest BCUT2D eigenvalue weighted by molar-refractivity contribution is 5.73. The summed E-state index contributed by atoms with van der Waals surface area (Å²) < 4.78 is 63.5. The van der Waals surface area contributed by atoms with Crippen molar-refractivity contribution in [3.63, 3.8) is 0 Å². The Kier molecular flexibility index (Phi) is 7.77. The van der Waals surface area contributed by atoms with Crippen molar-refractivity contribution in [3.8, 4) is 0 Å². The molecule has 2 saturated heterocycles. The Bertz CT molecular complexity index is 374. The molecule has 6 nitrogen and oxygen atoms in total. The maximum atomic E-state index is 10.6. The fourth-order valence-electron chi connectivity index (χ4n) is 1.81. The van der Waals surface area contributed by atoms with Crippen LogP contribution in [0.2, 0.25) is 0 Å². The summed E-state index contributed by atoms with van der Waals surface area (Å²) in [6.45, 7) is 3.68. The van der Waals surface area contributed by atoms with Gasteiger partial charge in [-0.3, -0.25) is 0 Å². The van der Waals surface area contributed by atoms with Gasteiger partial charge in [0.25, 0.3) is 0 Å². The lowest BCUT2D eigenvalue weighted by molar-refractivity contribution is -0.193. The molecular formula is C11H16F6N2O4. The molecule has 2 aliphatic heterocycles. The SMILES string of the molecule is C1CC2(CCN1)CCN2.O=C(O)C(F)(F)F.O=C(O)C(F)(F)F. The molecule has 136 valence electrons. The minimum absolute atomic E-state index is 0.589. The van der Waals surface area contributed by atoms with Crippen molar-refractivity contribution in [1.82, 2.24) is 10.6 Å². The summed E-state index contributed by atoms with van der Waals surface area (Å²) in [4.78, 5) is 17.8. The van der Waals surface area contributed by atoms with E-state index in [9.17, 15) is 26.3 Å². The molecule has 0 radical (unpaired) electrons. The summed E-state index contributed by atoms with van der Waals surface area (Å²) in [6.07, 6.45) is -6.07. The highest BCUT2D eigenvalue weighted by Gasteiger charge is 2.39. The summed E-state index contributed by atoms with van der Waals surface area (Å²) in [5.41, 5.74) is 0.589. The van der Waals surface area contributed by atoms with Gasteiger partial charge in [0.1, 0.15) is 0 Å². The molecule has 2 aliphatic rings. The van der Waals surface area contributed by atoms with E-state index in [-0.39, 0.29) is 0 Å². The second kappa shape index (κ2) is 8.34. The summed E-state index contributed by atoms with van der Waals surface area (Å²) in [7, 11) is 0. The Morgan fingerprint density at radius 1 is 0.783 bits per heavy atom. The molecule has 0 bridgehead atoms. The first kappa shape index (κ1) is 21.4. The smallest absolute Gasteiger partial charge is 0.475 e. The molecule has 2 rings (SSSR count). The number of carboxylic acid groups (broad SMARTS) is 2. The van der Waals surface area contributed by atoms with E-state index in [0.29, 0.717) is 5.54 Å². The van der Waals surface area contributed by atoms with Gasteiger partial charge in [0.2, 0.25) is 0 Å². The Balaban J connectivity index is 0.000000322. The normalized spacial score (nSPS) is 19.4. The van der Waals surface area contributed by atoms with Gasteiger partial charge in [-0.25, -0.2) is 9.59 Å². The van der Waals surface area contributed by atoms with Crippen LogP contribution in [-0.4, -0.2) is 59.7 Å². The number of alkyl halides is 6. The minimum atomic E-state index is -5.08. The van der Waals surface area contributed by atoms with Crippen molar-refractivity contribution in [2.75, 3.05) is 19.6 Å². The van der Waals surface area contributed by atoms with Crippen molar-refractivity contribution < 1.29 is 46.1 Å². The summed E-state index contributed by atoms with van der Waals surface area (Å²) in [6, 6.07) is 0. The first-order valence-corrected chi connectivity index (χ1v) is 6.36. The highest BCUT2D eigenvalue weighted by atomic mass is 19.4. The Morgan fingerprint density at radius 2 is 1.09 bits per heavy atom. The van der Waals surface area contributed by atoms with Gasteiger partial charge < -0.3 is 20.8 Å². The van der Waals surface area contributed by atoms with Crippen LogP contribution in [0.5, 0.6) is 0 Å². The third-order valence-electron chi connectivity index (χ3n) is 3.15. The Morgan fingerprint density at radius 3 is 1.22 bits per heavy atom. The van der Waals surface area contributed by atoms with Crippen LogP contribution in [0, 0.1) is 0 Å². The lowest BCUT2D eigenvalue weighted by atomic mass is 9.80. The molecule has 4 N–H and O–H groups in total. The Hall–Kier alpha value is -1.56. The number of carboxylic acids is 2. The van der Waals surface area contributed by atoms with Gasteiger partial charge in [0, 0.05) is 5.54 Å². The number of hydrogen-bond acceptors (Lipinski definition) is 4. The van der Waals surface area contributed by atoms with Gasteiger partial charge in [0.15, 0.2) is 0 Å². The quantitative estimate of drug-likeness (QED) is 0.491. The van der Waals surface area contributed by atoms with E-state index in [2.05, 4.69) is 10.6 Å². The van der Waals surface area contributed by atoms with E-state index >= 15 is 0 Å². The standard InChI is InChI=1S/C7H14N2.2C2HF3O2/c1-4-8-5-2-7(1)3-6-9-7;2*3-2(4,5)1(6)7/h8-9H,1-6H2;2*(H,6,7). The van der Waals surface area contributed by atoms with Gasteiger partial charge in [-0.15, -0.1) is 0 Å². The molecular weight excluding hydrogens is 338 g/mol. The van der Waals surface area contributed by atoms with Crippen LogP contribution in [0.4, 0.5) is 26.3 Å². The molecule has 2 fully saturated rings. The topological polar surface area (TPSA) is 98.7 Å². The van der Waals surface area contributed by atoms with Crippen LogP contribution in [0.3, 0.4) is 0 Å². The monoisotopic (exact) mass is 354 g/mol. The first-order chi connectivity index (χ1) is 10.3. The number of hydrogen-bond donors (Lipinski definition) is 4. The van der Waals surface area contributed by atoms with Crippen LogP contribution in [0.15, 0.2) is 0 Å². The molecule has 12 heteroatoms. The van der Waals surface area contributed by atoms with E-state index in [1.807, 2.05) is 0 Å². The van der Waals surface area contributed by atoms with E-state index < -0.39 is 24.3 Å². The third kappa shape index (κ3) is 8.59. The van der Waals surface area contributed by atoms with Crippen LogP contribution in [0.1, 0.15) is 19.3 Å². The zero-order chi connectivity index (χ0) is 18.3. The fraction of sp³-hybridized carbons (Fsp3) is 0.818. The van der Waals surface area contributed by atoms with Crippen LogP contribution < -0.4 is 10.6 Å². The fourth-order valence-corrected chi connectivity index (χ4v) is 1.81.